The molecule has 0 spiro atoms. The molecule has 0 unspecified atom stereocenters. The number of carbonyl (C=O) groups is 1. The number of rotatable bonds is 8. The van der Waals surface area contributed by atoms with Gasteiger partial charge in [-0.3, -0.25) is 4.79 Å². The molecule has 0 radical (unpaired) electrons. The van der Waals surface area contributed by atoms with E-state index in [-0.39, 0.29) is 11.0 Å². The summed E-state index contributed by atoms with van der Waals surface area (Å²) in [6.45, 7) is 4.82. The lowest BCUT2D eigenvalue weighted by molar-refractivity contribution is -0.109. The molecule has 1 aromatic carbocycles. The average Bonchev–Trinajstić information content (AvgIpc) is 2.33. The summed E-state index contributed by atoms with van der Waals surface area (Å²) in [5.74, 6) is -0.944. The lowest BCUT2D eigenvalue weighted by Gasteiger charge is -2.24. The maximum absolute atomic E-state index is 13.4. The molecule has 0 saturated heterocycles. The highest BCUT2D eigenvalue weighted by molar-refractivity contribution is 5.45. The lowest BCUT2D eigenvalue weighted by atomic mass is 9.83. The lowest BCUT2D eigenvalue weighted by Crippen LogP contribution is -2.21. The van der Waals surface area contributed by atoms with Gasteiger partial charge in [-0.05, 0) is 43.2 Å². The van der Waals surface area contributed by atoms with Crippen LogP contribution in [0.2, 0.25) is 0 Å². The molecule has 0 bridgehead atoms. The van der Waals surface area contributed by atoms with E-state index in [0.717, 1.165) is 19.3 Å². The summed E-state index contributed by atoms with van der Waals surface area (Å²) in [6, 6.07) is 3.96. The van der Waals surface area contributed by atoms with Gasteiger partial charge in [0, 0.05) is 12.1 Å². The summed E-state index contributed by atoms with van der Waals surface area (Å²) in [7, 11) is 0. The predicted octanol–water partition coefficient (Wildman–Crippen LogP) is 3.45. The fraction of sp³-hybridized carbons (Fsp3) is 0.533. The molecule has 2 nitrogen and oxygen atoms in total. The van der Waals surface area contributed by atoms with Crippen molar-refractivity contribution in [3.05, 3.63) is 35.4 Å². The maximum atomic E-state index is 13.4. The van der Waals surface area contributed by atoms with Crippen molar-refractivity contribution >= 4 is 6.41 Å². The number of carbonyl (C=O) groups excluding carboxylic acids is 1. The first-order valence-electron chi connectivity index (χ1n) is 6.56. The van der Waals surface area contributed by atoms with Gasteiger partial charge in [-0.2, -0.15) is 0 Å². The highest BCUT2D eigenvalue weighted by Gasteiger charge is 2.17. The van der Waals surface area contributed by atoms with Crippen molar-refractivity contribution in [3.63, 3.8) is 0 Å². The van der Waals surface area contributed by atoms with Crippen LogP contribution in [-0.4, -0.2) is 13.0 Å². The van der Waals surface area contributed by atoms with Crippen molar-refractivity contribution in [3.8, 4) is 0 Å². The van der Waals surface area contributed by atoms with Gasteiger partial charge in [0.1, 0.15) is 11.6 Å². The van der Waals surface area contributed by atoms with Crippen molar-refractivity contribution < 1.29 is 13.6 Å². The largest absolute Gasteiger partial charge is 0.359 e. The molecule has 0 aliphatic rings. The summed E-state index contributed by atoms with van der Waals surface area (Å²) in [6.07, 6.45) is 3.53. The molecule has 106 valence electrons. The van der Waals surface area contributed by atoms with E-state index in [1.165, 1.54) is 18.2 Å². The Hall–Kier alpha value is -1.45. The van der Waals surface area contributed by atoms with Crippen molar-refractivity contribution in [2.75, 3.05) is 6.54 Å². The molecule has 0 aliphatic heterocycles. The van der Waals surface area contributed by atoms with E-state index < -0.39 is 11.6 Å². The number of nitrogens with one attached hydrogen (secondary N) is 1. The van der Waals surface area contributed by atoms with Gasteiger partial charge in [-0.25, -0.2) is 8.78 Å². The van der Waals surface area contributed by atoms with E-state index in [9.17, 15) is 13.6 Å². The van der Waals surface area contributed by atoms with Gasteiger partial charge in [0.15, 0.2) is 0 Å². The van der Waals surface area contributed by atoms with Crippen LogP contribution in [0.3, 0.4) is 0 Å². The number of hydrogen-bond donors (Lipinski definition) is 1. The first-order chi connectivity index (χ1) is 8.96. The highest BCUT2D eigenvalue weighted by atomic mass is 19.1. The topological polar surface area (TPSA) is 29.1 Å². The van der Waals surface area contributed by atoms with E-state index in [0.29, 0.717) is 19.4 Å². The molecule has 4 heteroatoms. The third kappa shape index (κ3) is 5.37. The average molecular weight is 269 g/mol. The van der Waals surface area contributed by atoms with Crippen LogP contribution in [-0.2, 0) is 11.2 Å². The molecule has 1 amide bonds. The molecule has 0 saturated carbocycles. The molecule has 0 aliphatic carbocycles. The minimum absolute atomic E-state index is 0.0533. The van der Waals surface area contributed by atoms with Gasteiger partial charge in [-0.15, -0.1) is 0 Å². The maximum Gasteiger partial charge on any atom is 0.207 e. The van der Waals surface area contributed by atoms with Crippen LogP contribution in [0, 0.1) is 17.0 Å². The molecule has 1 aromatic rings. The highest BCUT2D eigenvalue weighted by Crippen LogP contribution is 2.27. The summed E-state index contributed by atoms with van der Waals surface area (Å²) in [5.41, 5.74) is 0.224. The number of benzene rings is 1. The van der Waals surface area contributed by atoms with E-state index in [4.69, 9.17) is 0 Å². The number of hydrogen-bond acceptors (Lipinski definition) is 1. The Bertz CT molecular complexity index is 398. The SMILES string of the molecule is CC(C)(CCCc1c(F)cccc1F)CCNC=O. The molecule has 0 heterocycles. The Morgan fingerprint density at radius 2 is 1.84 bits per heavy atom. The molecular weight excluding hydrogens is 248 g/mol. The van der Waals surface area contributed by atoms with Crippen LogP contribution in [0.15, 0.2) is 18.2 Å². The second-order valence-electron chi connectivity index (χ2n) is 5.54. The standard InChI is InChI=1S/C15H21F2NO/c1-15(2,9-10-18-11-19)8-4-5-12-13(16)6-3-7-14(12)17/h3,6-7,11H,4-5,8-10H2,1-2H3,(H,18,19). The minimum Gasteiger partial charge on any atom is -0.359 e. The molecule has 0 aromatic heterocycles. The predicted molar refractivity (Wildman–Crippen MR) is 71.8 cm³/mol. The Kier molecular flexibility index (Phi) is 5.93. The van der Waals surface area contributed by atoms with Crippen LogP contribution < -0.4 is 5.32 Å². The van der Waals surface area contributed by atoms with Gasteiger partial charge >= 0.3 is 0 Å². The number of amides is 1. The molecule has 0 fully saturated rings. The van der Waals surface area contributed by atoms with Crippen molar-refractivity contribution in [2.45, 2.75) is 39.5 Å². The second-order valence-corrected chi connectivity index (χ2v) is 5.54. The first kappa shape index (κ1) is 15.6. The zero-order valence-electron chi connectivity index (χ0n) is 11.5. The van der Waals surface area contributed by atoms with Gasteiger partial charge < -0.3 is 5.32 Å². The normalized spacial score (nSPS) is 11.4. The third-order valence-corrected chi connectivity index (χ3v) is 3.37. The van der Waals surface area contributed by atoms with Gasteiger partial charge in [0.25, 0.3) is 0 Å². The minimum atomic E-state index is -0.472. The Balaban J connectivity index is 2.43. The van der Waals surface area contributed by atoms with E-state index in [2.05, 4.69) is 19.2 Å². The summed E-state index contributed by atoms with van der Waals surface area (Å²) >= 11 is 0. The van der Waals surface area contributed by atoms with Crippen molar-refractivity contribution in [1.29, 1.82) is 0 Å². The van der Waals surface area contributed by atoms with Crippen LogP contribution in [0.1, 0.15) is 38.7 Å². The summed E-state index contributed by atoms with van der Waals surface area (Å²) < 4.78 is 26.9. The second kappa shape index (κ2) is 7.22. The zero-order chi connectivity index (χ0) is 14.3. The van der Waals surface area contributed by atoms with E-state index in [1.807, 2.05) is 0 Å². The molecule has 0 atom stereocenters. The quantitative estimate of drug-likeness (QED) is 0.568. The van der Waals surface area contributed by atoms with Crippen LogP contribution in [0.5, 0.6) is 0 Å². The molecule has 19 heavy (non-hydrogen) atoms. The zero-order valence-corrected chi connectivity index (χ0v) is 11.5. The first-order valence-corrected chi connectivity index (χ1v) is 6.56. The molecule has 1 N–H and O–H groups in total. The molecule has 1 rings (SSSR count). The van der Waals surface area contributed by atoms with E-state index in [1.54, 1.807) is 0 Å². The third-order valence-electron chi connectivity index (χ3n) is 3.37. The van der Waals surface area contributed by atoms with Crippen molar-refractivity contribution in [2.24, 2.45) is 5.41 Å². The fourth-order valence-electron chi connectivity index (χ4n) is 2.11. The number of halogens is 2. The molecular formula is C15H21F2NO. The summed E-state index contributed by atoms with van der Waals surface area (Å²) in [5, 5.41) is 2.63. The van der Waals surface area contributed by atoms with E-state index >= 15 is 0 Å². The van der Waals surface area contributed by atoms with Gasteiger partial charge in [0.2, 0.25) is 6.41 Å². The van der Waals surface area contributed by atoms with Crippen LogP contribution >= 0.6 is 0 Å². The van der Waals surface area contributed by atoms with Crippen LogP contribution in [0.25, 0.3) is 0 Å². The van der Waals surface area contributed by atoms with Gasteiger partial charge in [0.05, 0.1) is 0 Å². The monoisotopic (exact) mass is 269 g/mol. The van der Waals surface area contributed by atoms with Crippen LogP contribution in [0.4, 0.5) is 8.78 Å². The Labute approximate surface area is 113 Å². The fourth-order valence-corrected chi connectivity index (χ4v) is 2.11. The summed E-state index contributed by atoms with van der Waals surface area (Å²) in [4.78, 5) is 10.2. The Morgan fingerprint density at radius 1 is 1.21 bits per heavy atom. The Morgan fingerprint density at radius 3 is 2.42 bits per heavy atom. The smallest absolute Gasteiger partial charge is 0.207 e. The van der Waals surface area contributed by atoms with Crippen molar-refractivity contribution in [1.82, 2.24) is 5.32 Å². The van der Waals surface area contributed by atoms with Gasteiger partial charge in [-0.1, -0.05) is 19.9 Å².